The smallest absolute Gasteiger partial charge is 0.310 e. The molecule has 218 valence electrons. The molecule has 3 aliphatic heterocycles. The van der Waals surface area contributed by atoms with E-state index in [-0.39, 0.29) is 43.8 Å². The van der Waals surface area contributed by atoms with Crippen molar-refractivity contribution >= 4 is 75.6 Å². The van der Waals surface area contributed by atoms with E-state index >= 15 is 8.78 Å². The Bertz CT molecular complexity index is 1450. The van der Waals surface area contributed by atoms with Crippen molar-refractivity contribution in [2.75, 3.05) is 23.3 Å². The Morgan fingerprint density at radius 1 is 1.02 bits per heavy atom. The molecule has 2 aromatic rings. The summed E-state index contributed by atoms with van der Waals surface area (Å²) in [5.41, 5.74) is -1.63. The summed E-state index contributed by atoms with van der Waals surface area (Å²) in [6.07, 6.45) is 2.88. The second-order valence-corrected chi connectivity index (χ2v) is 13.1. The van der Waals surface area contributed by atoms with Gasteiger partial charge in [-0.3, -0.25) is 19.3 Å². The monoisotopic (exact) mass is 645 g/mol. The Balaban J connectivity index is 1.54. The molecule has 1 spiro atoms. The molecule has 3 heterocycles. The average Bonchev–Trinajstić information content (AvgIpc) is 3.61. The first kappa shape index (κ1) is 28.9. The molecule has 2 N–H and O–H groups in total. The van der Waals surface area contributed by atoms with Gasteiger partial charge < -0.3 is 15.3 Å². The van der Waals surface area contributed by atoms with Gasteiger partial charge in [-0.15, -0.1) is 0 Å². The van der Waals surface area contributed by atoms with Gasteiger partial charge in [0.05, 0.1) is 23.2 Å². The Morgan fingerprint density at radius 2 is 1.66 bits per heavy atom. The molecule has 7 nitrogen and oxygen atoms in total. The predicted octanol–water partition coefficient (Wildman–Crippen LogP) is 6.71. The highest BCUT2D eigenvalue weighted by molar-refractivity contribution is 6.38. The minimum Gasteiger partial charge on any atom is -0.481 e. The van der Waals surface area contributed by atoms with Crippen LogP contribution in [-0.4, -0.2) is 52.8 Å². The van der Waals surface area contributed by atoms with Crippen LogP contribution in [0.15, 0.2) is 30.3 Å². The first-order valence-corrected chi connectivity index (χ1v) is 14.8. The molecular weight excluding hydrogens is 622 g/mol. The van der Waals surface area contributed by atoms with Gasteiger partial charge >= 0.3 is 5.97 Å². The van der Waals surface area contributed by atoms with Crippen LogP contribution in [0.3, 0.4) is 0 Å². The summed E-state index contributed by atoms with van der Waals surface area (Å²) in [7, 11) is 0. The maximum absolute atomic E-state index is 15.2. The number of nitrogens with one attached hydrogen (secondary N) is 1. The van der Waals surface area contributed by atoms with Crippen molar-refractivity contribution in [3.05, 3.63) is 56.0 Å². The van der Waals surface area contributed by atoms with Gasteiger partial charge in [0.15, 0.2) is 0 Å². The predicted molar refractivity (Wildman–Crippen MR) is 152 cm³/mol. The van der Waals surface area contributed by atoms with Crippen molar-refractivity contribution in [3.8, 4) is 0 Å². The van der Waals surface area contributed by atoms with Crippen LogP contribution in [-0.2, 0) is 19.9 Å². The summed E-state index contributed by atoms with van der Waals surface area (Å²) in [6.45, 7) is -0.678. The van der Waals surface area contributed by atoms with E-state index in [1.165, 1.54) is 28.0 Å². The Kier molecular flexibility index (Phi) is 7.22. The van der Waals surface area contributed by atoms with Crippen LogP contribution in [0.1, 0.15) is 37.7 Å². The van der Waals surface area contributed by atoms with Crippen molar-refractivity contribution < 1.29 is 28.3 Å². The molecule has 1 aliphatic carbocycles. The van der Waals surface area contributed by atoms with Crippen molar-refractivity contribution in [2.24, 2.45) is 17.8 Å². The highest BCUT2D eigenvalue weighted by Crippen LogP contribution is 2.61. The minimum atomic E-state index is -3.28. The number of rotatable bonds is 5. The molecule has 4 atom stereocenters. The molecule has 13 heteroatoms. The lowest BCUT2D eigenvalue weighted by molar-refractivity contribution is -0.153. The van der Waals surface area contributed by atoms with Crippen molar-refractivity contribution in [1.29, 1.82) is 0 Å². The zero-order valence-electron chi connectivity index (χ0n) is 21.5. The maximum Gasteiger partial charge on any atom is 0.310 e. The number of fused-ring (bicyclic) bond motifs is 4. The summed E-state index contributed by atoms with van der Waals surface area (Å²) < 4.78 is 30.3. The van der Waals surface area contributed by atoms with Crippen LogP contribution in [0.5, 0.6) is 0 Å². The van der Waals surface area contributed by atoms with E-state index in [1.54, 1.807) is 12.1 Å². The molecule has 2 aromatic carbocycles. The van der Waals surface area contributed by atoms with Crippen LogP contribution < -0.4 is 10.2 Å². The quantitative estimate of drug-likeness (QED) is 0.377. The van der Waals surface area contributed by atoms with Crippen LogP contribution in [0.4, 0.5) is 20.2 Å². The molecule has 0 bridgehead atoms. The van der Waals surface area contributed by atoms with Gasteiger partial charge in [0.2, 0.25) is 5.91 Å². The molecule has 41 heavy (non-hydrogen) atoms. The number of benzene rings is 2. The van der Waals surface area contributed by atoms with E-state index in [2.05, 4.69) is 5.32 Å². The lowest BCUT2D eigenvalue weighted by Gasteiger charge is -2.36. The number of anilines is 2. The third kappa shape index (κ3) is 4.59. The largest absolute Gasteiger partial charge is 0.481 e. The Hall–Kier alpha value is -2.17. The van der Waals surface area contributed by atoms with Gasteiger partial charge in [-0.25, -0.2) is 8.78 Å². The third-order valence-electron chi connectivity index (χ3n) is 8.93. The topological polar surface area (TPSA) is 90.0 Å². The second kappa shape index (κ2) is 10.2. The number of aliphatic carboxylic acids is 1. The first-order valence-electron chi connectivity index (χ1n) is 13.3. The summed E-state index contributed by atoms with van der Waals surface area (Å²) in [6, 6.07) is 6.06. The summed E-state index contributed by atoms with van der Waals surface area (Å²) in [5, 5.41) is 13.9. The van der Waals surface area contributed by atoms with E-state index < -0.39 is 60.1 Å². The fraction of sp³-hybridized carbons (Fsp3) is 0.464. The number of nitrogens with zero attached hydrogens (tertiary/aromatic N) is 2. The van der Waals surface area contributed by atoms with E-state index in [1.807, 2.05) is 0 Å². The third-order valence-corrected chi connectivity index (χ3v) is 9.88. The molecular formula is C28H25Cl4F2N3O4. The Morgan fingerprint density at radius 3 is 2.29 bits per heavy atom. The number of carbonyl (C=O) groups is 3. The standard InChI is InChI=1S/C28H25Cl4F2N3O4/c29-14-5-15(30)7-17(6-14)36(11-13-3-1-2-4-13)24(38)21-20-10-27(33,34)12-37(20)28(22(21)25(39)40)18-8-16(31)9-19(32)23(18)35-26(28)41/h5-9,13,20-22H,1-4,10-12H2,(H,35,41)(H,39,40)/t20-,21+,22?,28+/m1/s1. The van der Waals surface area contributed by atoms with Crippen LogP contribution >= 0.6 is 46.4 Å². The normalized spacial score (nSPS) is 28.6. The molecule has 4 aliphatic rings. The Labute approximate surface area is 254 Å². The average molecular weight is 647 g/mol. The molecule has 0 radical (unpaired) electrons. The number of carboxylic acids is 1. The number of alkyl halides is 2. The number of carbonyl (C=O) groups excluding carboxylic acids is 2. The van der Waals surface area contributed by atoms with Crippen molar-refractivity contribution in [3.63, 3.8) is 0 Å². The van der Waals surface area contributed by atoms with E-state index in [0.717, 1.165) is 25.7 Å². The number of hydrogen-bond donors (Lipinski definition) is 2. The van der Waals surface area contributed by atoms with Crippen molar-refractivity contribution in [1.82, 2.24) is 4.90 Å². The van der Waals surface area contributed by atoms with E-state index in [0.29, 0.717) is 5.69 Å². The van der Waals surface area contributed by atoms with Gasteiger partial charge in [0.25, 0.3) is 11.8 Å². The van der Waals surface area contributed by atoms with Gasteiger partial charge in [-0.05, 0) is 49.1 Å². The van der Waals surface area contributed by atoms with Gasteiger partial charge in [0, 0.05) is 45.3 Å². The number of carboxylic acid groups (broad SMARTS) is 1. The van der Waals surface area contributed by atoms with Crippen molar-refractivity contribution in [2.45, 2.75) is 49.6 Å². The SMILES string of the molecule is O=C(O)C1[C@@H](C(=O)N(CC2CCCC2)c2cc(Cl)cc(Cl)c2)[C@H]2CC(F)(F)CN2[C@]12C(=O)Nc1c(Cl)cc(Cl)cc12. The maximum atomic E-state index is 15.2. The second-order valence-electron chi connectivity index (χ2n) is 11.4. The number of hydrogen-bond acceptors (Lipinski definition) is 4. The molecule has 1 saturated carbocycles. The zero-order chi connectivity index (χ0) is 29.4. The van der Waals surface area contributed by atoms with E-state index in [4.69, 9.17) is 46.4 Å². The fourth-order valence-electron chi connectivity index (χ4n) is 7.43. The summed E-state index contributed by atoms with van der Waals surface area (Å²) >= 11 is 25.2. The molecule has 6 rings (SSSR count). The highest BCUT2D eigenvalue weighted by Gasteiger charge is 2.74. The zero-order valence-corrected chi connectivity index (χ0v) is 24.5. The van der Waals surface area contributed by atoms with Crippen LogP contribution in [0.25, 0.3) is 0 Å². The van der Waals surface area contributed by atoms with E-state index in [9.17, 15) is 19.5 Å². The van der Waals surface area contributed by atoms with Crippen LogP contribution in [0.2, 0.25) is 20.1 Å². The summed E-state index contributed by atoms with van der Waals surface area (Å²) in [5.74, 6) is -9.37. The van der Waals surface area contributed by atoms with Gasteiger partial charge in [-0.2, -0.15) is 0 Å². The van der Waals surface area contributed by atoms with Gasteiger partial charge in [0.1, 0.15) is 11.5 Å². The summed E-state index contributed by atoms with van der Waals surface area (Å²) in [4.78, 5) is 44.2. The molecule has 0 aromatic heterocycles. The highest BCUT2D eigenvalue weighted by atomic mass is 35.5. The molecule has 3 fully saturated rings. The molecule has 2 saturated heterocycles. The lowest BCUT2D eigenvalue weighted by atomic mass is 9.73. The first-order chi connectivity index (χ1) is 19.3. The molecule has 2 amide bonds. The van der Waals surface area contributed by atoms with Crippen LogP contribution in [0, 0.1) is 17.8 Å². The fourth-order valence-corrected chi connectivity index (χ4v) is 8.48. The number of amides is 2. The minimum absolute atomic E-state index is 0.0376. The lowest BCUT2D eigenvalue weighted by Crippen LogP contribution is -2.54. The molecule has 1 unspecified atom stereocenters. The van der Waals surface area contributed by atoms with Gasteiger partial charge in [-0.1, -0.05) is 59.2 Å². The number of halogens is 6.